The Morgan fingerprint density at radius 2 is 0.891 bits per heavy atom. The second-order valence-corrected chi connectivity index (χ2v) is 20.1. The van der Waals surface area contributed by atoms with Gasteiger partial charge < -0.3 is 39.7 Å². The first kappa shape index (κ1) is 54.2. The summed E-state index contributed by atoms with van der Waals surface area (Å²) in [5.74, 6) is 0. The topological polar surface area (TPSA) is 242 Å². The van der Waals surface area contributed by atoms with Crippen molar-refractivity contribution in [1.29, 1.82) is 0 Å². The highest BCUT2D eigenvalue weighted by Gasteiger charge is 2.31. The van der Waals surface area contributed by atoms with Gasteiger partial charge in [0.2, 0.25) is 34.0 Å². The van der Waals surface area contributed by atoms with Crippen LogP contribution in [0.15, 0.2) is 48.5 Å². The van der Waals surface area contributed by atoms with Gasteiger partial charge in [-0.3, -0.25) is 53.5 Å². The molecule has 2 aliphatic heterocycles. The van der Waals surface area contributed by atoms with Crippen molar-refractivity contribution in [3.05, 3.63) is 68.8 Å². The SMILES string of the molecule is CCOP(=O)(CN1CCCN(C=O)CCN(C=O)CCCN(C=O)CC1)c1ccc([N+](=O)[O-])cc1.CCOP(=O)(CN1CCCNCCNCCCNCC1)c1ccc([N+](=O)[O-])cc1. The van der Waals surface area contributed by atoms with Crippen molar-refractivity contribution in [1.82, 2.24) is 40.4 Å². The van der Waals surface area contributed by atoms with Crippen LogP contribution in [-0.2, 0) is 32.6 Å². The molecule has 2 atom stereocenters. The van der Waals surface area contributed by atoms with Crippen LogP contribution in [0.2, 0.25) is 0 Å². The predicted octanol–water partition coefficient (Wildman–Crippen LogP) is 2.32. The van der Waals surface area contributed by atoms with Gasteiger partial charge in [-0.2, -0.15) is 0 Å². The number of nitrogens with zero attached hydrogens (tertiary/aromatic N) is 7. The number of hydrogen-bond donors (Lipinski definition) is 3. The van der Waals surface area contributed by atoms with Crippen LogP contribution in [0.1, 0.15) is 39.5 Å². The van der Waals surface area contributed by atoms with Crippen molar-refractivity contribution in [2.75, 3.05) is 131 Å². The molecule has 2 fully saturated rings. The number of carbonyl (C=O) groups is 3. The van der Waals surface area contributed by atoms with Crippen LogP contribution in [0.25, 0.3) is 0 Å². The van der Waals surface area contributed by atoms with Gasteiger partial charge >= 0.3 is 0 Å². The maximum Gasteiger partial charge on any atom is 0.269 e. The second kappa shape index (κ2) is 30.1. The second-order valence-electron chi connectivity index (χ2n) is 15.3. The highest BCUT2D eigenvalue weighted by molar-refractivity contribution is 7.67. The molecule has 2 aromatic carbocycles. The molecule has 358 valence electrons. The van der Waals surface area contributed by atoms with Crippen molar-refractivity contribution in [2.24, 2.45) is 0 Å². The summed E-state index contributed by atoms with van der Waals surface area (Å²) in [6, 6.07) is 11.4. The number of nitro groups is 2. The zero-order valence-electron chi connectivity index (χ0n) is 37.3. The van der Waals surface area contributed by atoms with Gasteiger partial charge in [-0.25, -0.2) is 0 Å². The molecule has 23 heteroatoms. The normalized spacial score (nSPS) is 19.6. The summed E-state index contributed by atoms with van der Waals surface area (Å²) < 4.78 is 39.0. The number of hydrogen-bond acceptors (Lipinski definition) is 16. The van der Waals surface area contributed by atoms with Crippen LogP contribution < -0.4 is 26.6 Å². The predicted molar refractivity (Wildman–Crippen MR) is 247 cm³/mol. The quantitative estimate of drug-likeness (QED) is 0.100. The van der Waals surface area contributed by atoms with E-state index in [1.165, 1.54) is 36.4 Å². The zero-order valence-corrected chi connectivity index (χ0v) is 39.1. The summed E-state index contributed by atoms with van der Waals surface area (Å²) in [6.07, 6.45) is 5.87. The van der Waals surface area contributed by atoms with Crippen molar-refractivity contribution in [3.8, 4) is 0 Å². The maximum atomic E-state index is 13.9. The van der Waals surface area contributed by atoms with E-state index in [2.05, 4.69) is 20.9 Å². The van der Waals surface area contributed by atoms with Crippen molar-refractivity contribution in [3.63, 3.8) is 0 Å². The lowest BCUT2D eigenvalue weighted by atomic mass is 10.3. The third kappa shape index (κ3) is 19.5. The Kier molecular flexibility index (Phi) is 25.5. The molecule has 0 spiro atoms. The van der Waals surface area contributed by atoms with Crippen molar-refractivity contribution >= 4 is 56.0 Å². The molecule has 2 saturated heterocycles. The summed E-state index contributed by atoms with van der Waals surface area (Å²) >= 11 is 0. The van der Waals surface area contributed by atoms with Gasteiger partial charge in [0.25, 0.3) is 11.4 Å². The van der Waals surface area contributed by atoms with Gasteiger partial charge in [0, 0.05) is 113 Å². The van der Waals surface area contributed by atoms with Gasteiger partial charge in [-0.1, -0.05) is 0 Å². The van der Waals surface area contributed by atoms with Crippen molar-refractivity contribution in [2.45, 2.75) is 39.5 Å². The van der Waals surface area contributed by atoms with Gasteiger partial charge in [-0.15, -0.1) is 0 Å². The Morgan fingerprint density at radius 3 is 1.31 bits per heavy atom. The number of benzene rings is 2. The van der Waals surface area contributed by atoms with Gasteiger partial charge in [0.1, 0.15) is 0 Å². The first-order chi connectivity index (χ1) is 30.9. The van der Waals surface area contributed by atoms with E-state index in [0.29, 0.717) is 88.7 Å². The van der Waals surface area contributed by atoms with Crippen LogP contribution in [-0.4, -0.2) is 184 Å². The molecule has 2 heterocycles. The van der Waals surface area contributed by atoms with E-state index in [4.69, 9.17) is 9.05 Å². The molecule has 0 bridgehead atoms. The van der Waals surface area contributed by atoms with E-state index in [-0.39, 0.29) is 24.3 Å². The molecule has 4 rings (SSSR count). The Morgan fingerprint density at radius 1 is 0.516 bits per heavy atom. The molecular formula is C41H68N10O11P2. The largest absolute Gasteiger partial charge is 0.344 e. The fraction of sp³-hybridized carbons (Fsp3) is 0.634. The molecule has 2 aliphatic rings. The molecule has 21 nitrogen and oxygen atoms in total. The van der Waals surface area contributed by atoms with Gasteiger partial charge in [0.05, 0.1) is 35.6 Å². The molecule has 0 aromatic heterocycles. The van der Waals surface area contributed by atoms with E-state index in [0.717, 1.165) is 84.4 Å². The summed E-state index contributed by atoms with van der Waals surface area (Å²) in [5.41, 5.74) is -0.112. The van der Waals surface area contributed by atoms with Crippen LogP contribution >= 0.6 is 14.7 Å². The van der Waals surface area contributed by atoms with Crippen LogP contribution in [0.4, 0.5) is 11.4 Å². The minimum atomic E-state index is -3.38. The van der Waals surface area contributed by atoms with E-state index in [1.807, 2.05) is 11.8 Å². The Labute approximate surface area is 376 Å². The molecule has 0 radical (unpaired) electrons. The number of rotatable bonds is 15. The summed E-state index contributed by atoms with van der Waals surface area (Å²) in [7, 11) is -6.52. The standard InChI is InChI=1S/C22H34N5O7P.C19H34N5O4P/c1-2-34-35(33,22-7-5-21(6-8-22)27(31)32)20-26-12-4-11-24(18-29)14-13-23(17-28)9-3-10-25(19-30)15-16-26;1-2-28-29(27,19-7-5-18(6-8-19)24(25)26)17-23-15-4-11-21-13-12-20-9-3-10-22-14-16-23/h5-8,17-19H,2-4,9-16,20H2,1H3;5-8,20-22H,2-4,9-17H2,1H3. The lowest BCUT2D eigenvalue weighted by molar-refractivity contribution is -0.385. The van der Waals surface area contributed by atoms with Crippen LogP contribution in [0.5, 0.6) is 0 Å². The zero-order chi connectivity index (χ0) is 46.6. The van der Waals surface area contributed by atoms with E-state index in [9.17, 15) is 43.7 Å². The third-order valence-electron chi connectivity index (χ3n) is 10.6. The molecule has 3 N–H and O–H groups in total. The summed E-state index contributed by atoms with van der Waals surface area (Å²) in [5, 5.41) is 33.1. The Balaban J connectivity index is 0.000000346. The lowest BCUT2D eigenvalue weighted by Gasteiger charge is -2.31. The lowest BCUT2D eigenvalue weighted by Crippen LogP contribution is -2.41. The fourth-order valence-corrected chi connectivity index (χ4v) is 11.6. The highest BCUT2D eigenvalue weighted by atomic mass is 31.2. The molecule has 64 heavy (non-hydrogen) atoms. The molecular weight excluding hydrogens is 870 g/mol. The average molecular weight is 939 g/mol. The minimum absolute atomic E-state index is 0.0140. The van der Waals surface area contributed by atoms with Gasteiger partial charge in [-0.05, 0) is 90.0 Å². The fourth-order valence-electron chi connectivity index (χ4n) is 7.15. The molecule has 2 aromatic rings. The first-order valence-electron chi connectivity index (χ1n) is 22.0. The molecule has 2 unspecified atom stereocenters. The number of amides is 3. The molecule has 0 saturated carbocycles. The van der Waals surface area contributed by atoms with E-state index < -0.39 is 24.6 Å². The summed E-state index contributed by atoms with van der Waals surface area (Å²) in [4.78, 5) is 64.3. The van der Waals surface area contributed by atoms with Crippen LogP contribution in [0, 0.1) is 20.2 Å². The first-order valence-corrected chi connectivity index (χ1v) is 25.6. The summed E-state index contributed by atoms with van der Waals surface area (Å²) in [6.45, 7) is 14.8. The molecule has 0 aliphatic carbocycles. The average Bonchev–Trinajstić information content (AvgIpc) is 3.29. The number of nitro benzene ring substituents is 2. The van der Waals surface area contributed by atoms with Gasteiger partial charge in [0.15, 0.2) is 0 Å². The monoisotopic (exact) mass is 938 g/mol. The Hall–Kier alpha value is -4.17. The minimum Gasteiger partial charge on any atom is -0.344 e. The number of nitrogens with one attached hydrogen (secondary N) is 3. The van der Waals surface area contributed by atoms with Crippen molar-refractivity contribution < 1.29 is 42.4 Å². The smallest absolute Gasteiger partial charge is 0.269 e. The maximum absolute atomic E-state index is 13.9. The van der Waals surface area contributed by atoms with Crippen LogP contribution in [0.3, 0.4) is 0 Å². The van der Waals surface area contributed by atoms with E-state index >= 15 is 0 Å². The molecule has 3 amide bonds. The Bertz CT molecular complexity index is 1780. The number of non-ortho nitro benzene ring substituents is 2. The third-order valence-corrected chi connectivity index (χ3v) is 15.7. The van der Waals surface area contributed by atoms with E-state index in [1.54, 1.807) is 33.8 Å². The number of carbonyl (C=O) groups excluding carboxylic acids is 3. The highest BCUT2D eigenvalue weighted by Crippen LogP contribution is 2.47.